The quantitative estimate of drug-likeness (QED) is 0.654. The van der Waals surface area contributed by atoms with Crippen LogP contribution in [0.15, 0.2) is 22.7 Å². The van der Waals surface area contributed by atoms with Gasteiger partial charge >= 0.3 is 0 Å². The Bertz CT molecular complexity index is 1100. The third-order valence-corrected chi connectivity index (χ3v) is 6.40. The lowest BCUT2D eigenvalue weighted by molar-refractivity contribution is -0.119. The number of carbonyl (C=O) groups excluding carboxylic acids is 1. The van der Waals surface area contributed by atoms with Crippen molar-refractivity contribution in [3.8, 4) is 11.1 Å². The molecule has 5 rings (SSSR count). The molecule has 8 heteroatoms. The molecule has 3 aromatic rings. The van der Waals surface area contributed by atoms with Gasteiger partial charge in [0.05, 0.1) is 22.8 Å². The molecule has 2 aromatic heterocycles. The summed E-state index contributed by atoms with van der Waals surface area (Å²) in [5.41, 5.74) is 4.42. The molecule has 2 fully saturated rings. The molecule has 1 N–H and O–H groups in total. The first-order valence-corrected chi connectivity index (χ1v) is 10.4. The smallest absolute Gasteiger partial charge is 0.248 e. The minimum absolute atomic E-state index is 0.00481. The average Bonchev–Trinajstić information content (AvgIpc) is 3.38. The van der Waals surface area contributed by atoms with E-state index in [-0.39, 0.29) is 30.8 Å². The van der Waals surface area contributed by atoms with Crippen LogP contribution in [0.3, 0.4) is 0 Å². The van der Waals surface area contributed by atoms with Gasteiger partial charge in [-0.3, -0.25) is 4.79 Å². The number of hydrogen-bond donors (Lipinski definition) is 1. The summed E-state index contributed by atoms with van der Waals surface area (Å²) >= 11 is 0. The first kappa shape index (κ1) is 19.2. The van der Waals surface area contributed by atoms with Crippen molar-refractivity contribution in [1.29, 1.82) is 0 Å². The molecule has 1 aliphatic heterocycles. The number of imidazole rings is 1. The highest BCUT2D eigenvalue weighted by atomic mass is 19.3. The number of alkyl halides is 2. The fourth-order valence-corrected chi connectivity index (χ4v) is 4.89. The molecular weight excluding hydrogens is 390 g/mol. The van der Waals surface area contributed by atoms with Crippen molar-refractivity contribution >= 4 is 16.9 Å². The van der Waals surface area contributed by atoms with Crippen molar-refractivity contribution in [1.82, 2.24) is 20.0 Å². The van der Waals surface area contributed by atoms with Crippen molar-refractivity contribution in [2.24, 2.45) is 0 Å². The molecule has 1 saturated heterocycles. The van der Waals surface area contributed by atoms with E-state index in [1.165, 1.54) is 0 Å². The second kappa shape index (κ2) is 6.89. The van der Waals surface area contributed by atoms with E-state index < -0.39 is 5.92 Å². The molecule has 1 amide bonds. The van der Waals surface area contributed by atoms with Crippen molar-refractivity contribution in [2.75, 3.05) is 0 Å². The Hall–Kier alpha value is -2.77. The normalized spacial score (nSPS) is 22.0. The van der Waals surface area contributed by atoms with Crippen LogP contribution in [0.4, 0.5) is 8.78 Å². The largest absolute Gasteiger partial charge is 0.361 e. The van der Waals surface area contributed by atoms with Crippen LogP contribution in [0, 0.1) is 13.8 Å². The predicted octanol–water partition coefficient (Wildman–Crippen LogP) is 5.01. The van der Waals surface area contributed by atoms with E-state index in [0.29, 0.717) is 25.7 Å². The number of fused-ring (bicyclic) bond motifs is 1. The predicted molar refractivity (Wildman–Crippen MR) is 107 cm³/mol. The average molecular weight is 414 g/mol. The minimum Gasteiger partial charge on any atom is -0.361 e. The number of hydrogen-bond acceptors (Lipinski definition) is 4. The molecule has 158 valence electrons. The Morgan fingerprint density at radius 3 is 2.60 bits per heavy atom. The van der Waals surface area contributed by atoms with Crippen molar-refractivity contribution in [3.05, 3.63) is 35.5 Å². The van der Waals surface area contributed by atoms with Gasteiger partial charge in [-0.25, -0.2) is 13.8 Å². The van der Waals surface area contributed by atoms with E-state index in [1.807, 2.05) is 32.0 Å². The lowest BCUT2D eigenvalue weighted by Crippen LogP contribution is -2.29. The number of rotatable bonds is 3. The molecule has 0 unspecified atom stereocenters. The highest BCUT2D eigenvalue weighted by molar-refractivity contribution is 5.84. The third kappa shape index (κ3) is 3.18. The van der Waals surface area contributed by atoms with Gasteiger partial charge in [0.15, 0.2) is 0 Å². The van der Waals surface area contributed by atoms with E-state index >= 15 is 0 Å². The summed E-state index contributed by atoms with van der Waals surface area (Å²) in [4.78, 5) is 16.7. The summed E-state index contributed by atoms with van der Waals surface area (Å²) in [5, 5.41) is 7.03. The topological polar surface area (TPSA) is 72.9 Å². The zero-order valence-electron chi connectivity index (χ0n) is 17.0. The summed E-state index contributed by atoms with van der Waals surface area (Å²) in [5.74, 6) is -1.08. The number of amides is 1. The number of nitrogens with zero attached hydrogens (tertiary/aromatic N) is 3. The van der Waals surface area contributed by atoms with E-state index in [4.69, 9.17) is 9.51 Å². The lowest BCUT2D eigenvalue weighted by atomic mass is 9.91. The third-order valence-electron chi connectivity index (χ3n) is 6.40. The van der Waals surface area contributed by atoms with Crippen LogP contribution >= 0.6 is 0 Å². The minimum atomic E-state index is -2.59. The summed E-state index contributed by atoms with van der Waals surface area (Å²) < 4.78 is 34.9. The lowest BCUT2D eigenvalue weighted by Gasteiger charge is -2.31. The van der Waals surface area contributed by atoms with Gasteiger partial charge in [-0.15, -0.1) is 0 Å². The van der Waals surface area contributed by atoms with E-state index in [2.05, 4.69) is 15.0 Å². The Morgan fingerprint density at radius 1 is 1.20 bits per heavy atom. The zero-order valence-corrected chi connectivity index (χ0v) is 17.0. The van der Waals surface area contributed by atoms with Gasteiger partial charge in [0.1, 0.15) is 11.6 Å². The zero-order chi connectivity index (χ0) is 21.0. The van der Waals surface area contributed by atoms with Gasteiger partial charge in [-0.2, -0.15) is 0 Å². The van der Waals surface area contributed by atoms with Crippen molar-refractivity contribution in [3.63, 3.8) is 0 Å². The van der Waals surface area contributed by atoms with Crippen molar-refractivity contribution < 1.29 is 18.1 Å². The Kier molecular flexibility index (Phi) is 4.41. The van der Waals surface area contributed by atoms with Gasteiger partial charge < -0.3 is 14.4 Å². The van der Waals surface area contributed by atoms with Gasteiger partial charge in [-0.05, 0) is 50.8 Å². The molecule has 6 nitrogen and oxygen atoms in total. The van der Waals surface area contributed by atoms with Crippen LogP contribution in [-0.2, 0) is 4.79 Å². The fraction of sp³-hybridized carbons (Fsp3) is 0.500. The summed E-state index contributed by atoms with van der Waals surface area (Å²) in [6.07, 6.45) is 1.69. The fourth-order valence-electron chi connectivity index (χ4n) is 4.89. The molecular formula is C22H24F2N4O2. The molecule has 1 saturated carbocycles. The Morgan fingerprint density at radius 2 is 1.97 bits per heavy atom. The monoisotopic (exact) mass is 414 g/mol. The molecule has 0 radical (unpaired) electrons. The molecule has 0 bridgehead atoms. The summed E-state index contributed by atoms with van der Waals surface area (Å²) in [7, 11) is 0. The maximum Gasteiger partial charge on any atom is 0.248 e. The van der Waals surface area contributed by atoms with E-state index in [0.717, 1.165) is 39.4 Å². The maximum absolute atomic E-state index is 13.8. The molecule has 1 aromatic carbocycles. The molecule has 1 aliphatic carbocycles. The van der Waals surface area contributed by atoms with Crippen molar-refractivity contribution in [2.45, 2.75) is 70.4 Å². The van der Waals surface area contributed by atoms with Gasteiger partial charge in [0.2, 0.25) is 11.8 Å². The second-order valence-corrected chi connectivity index (χ2v) is 8.49. The van der Waals surface area contributed by atoms with Crippen LogP contribution in [0.25, 0.3) is 22.2 Å². The first-order valence-electron chi connectivity index (χ1n) is 10.4. The number of carbonyl (C=O) groups is 1. The van der Waals surface area contributed by atoms with Gasteiger partial charge in [-0.1, -0.05) is 11.2 Å². The number of nitrogens with one attached hydrogen (secondary N) is 1. The highest BCUT2D eigenvalue weighted by Gasteiger charge is 2.38. The summed E-state index contributed by atoms with van der Waals surface area (Å²) in [6, 6.07) is 5.76. The van der Waals surface area contributed by atoms with E-state index in [9.17, 15) is 13.6 Å². The molecule has 3 heterocycles. The number of aryl methyl sites for hydroxylation is 2. The van der Waals surface area contributed by atoms with Gasteiger partial charge in [0, 0.05) is 30.9 Å². The number of benzene rings is 1. The van der Waals surface area contributed by atoms with Crippen LogP contribution in [-0.4, -0.2) is 26.5 Å². The van der Waals surface area contributed by atoms with Crippen LogP contribution in [0.5, 0.6) is 0 Å². The number of halogens is 2. The SMILES string of the molecule is Cc1noc(C)c1-c1ccc2c(c1)nc([C@@H]1CCC(=O)N1)n2C1CCC(F)(F)CC1. The van der Waals surface area contributed by atoms with Crippen LogP contribution < -0.4 is 5.32 Å². The van der Waals surface area contributed by atoms with Crippen LogP contribution in [0.1, 0.15) is 67.9 Å². The maximum atomic E-state index is 13.8. The Balaban J connectivity index is 1.62. The first-order chi connectivity index (χ1) is 14.3. The highest BCUT2D eigenvalue weighted by Crippen LogP contribution is 2.42. The Labute approximate surface area is 172 Å². The summed E-state index contributed by atoms with van der Waals surface area (Å²) in [6.45, 7) is 3.77. The molecule has 2 aliphatic rings. The standard InChI is InChI=1S/C22H24F2N4O2/c1-12-20(13(2)30-27-12)14-3-5-18-17(11-14)26-21(16-4-6-19(29)25-16)28(18)15-7-9-22(23,24)10-8-15/h3,5,11,15-16H,4,6-10H2,1-2H3,(H,25,29)/t16-/m0/s1. The molecule has 0 spiro atoms. The molecule has 30 heavy (non-hydrogen) atoms. The van der Waals surface area contributed by atoms with Gasteiger partial charge in [0.25, 0.3) is 0 Å². The van der Waals surface area contributed by atoms with E-state index in [1.54, 1.807) is 0 Å². The molecule has 1 atom stereocenters. The number of aromatic nitrogens is 3. The van der Waals surface area contributed by atoms with Crippen LogP contribution in [0.2, 0.25) is 0 Å². The second-order valence-electron chi connectivity index (χ2n) is 8.49.